The molecule has 5 heteroatoms. The fourth-order valence-electron chi connectivity index (χ4n) is 8.67. The first kappa shape index (κ1) is 36.7. The molecular weight excluding hydrogens is 755 g/mol. The summed E-state index contributed by atoms with van der Waals surface area (Å²) in [5, 5.41) is 19.1. The third-order valence-electron chi connectivity index (χ3n) is 11.6. The van der Waals surface area contributed by atoms with Crippen LogP contribution in [-0.4, -0.2) is 26.1 Å². The summed E-state index contributed by atoms with van der Waals surface area (Å²) in [4.78, 5) is 5.15. The van der Waals surface area contributed by atoms with Gasteiger partial charge in [0.2, 0.25) is 0 Å². The van der Waals surface area contributed by atoms with Crippen molar-refractivity contribution in [3.05, 3.63) is 241 Å². The van der Waals surface area contributed by atoms with Gasteiger partial charge in [-0.25, -0.2) is 4.52 Å². The summed E-state index contributed by atoms with van der Waals surface area (Å²) in [5.74, 6) is 0. The molecule has 1 N–H and O–H groups in total. The lowest BCUT2D eigenvalue weighted by Crippen LogP contribution is -1.97. The first-order valence-corrected chi connectivity index (χ1v) is 20.8. The summed E-state index contributed by atoms with van der Waals surface area (Å²) in [5.41, 5.74) is 14.5. The van der Waals surface area contributed by atoms with Crippen molar-refractivity contribution in [1.29, 1.82) is 5.41 Å². The van der Waals surface area contributed by atoms with Gasteiger partial charge in [0.1, 0.15) is 5.69 Å². The van der Waals surface area contributed by atoms with Crippen LogP contribution in [0.25, 0.3) is 83.1 Å². The molecule has 0 aliphatic rings. The van der Waals surface area contributed by atoms with Gasteiger partial charge < -0.3 is 9.98 Å². The second kappa shape index (κ2) is 15.6. The molecule has 0 spiro atoms. The number of hydrogen-bond donors (Lipinski definition) is 1. The Bertz CT molecular complexity index is 3490. The fraction of sp³-hybridized carbons (Fsp3) is 0. The first-order valence-electron chi connectivity index (χ1n) is 20.8. The van der Waals surface area contributed by atoms with E-state index in [0.29, 0.717) is 11.4 Å². The van der Waals surface area contributed by atoms with Crippen LogP contribution in [0, 0.1) is 5.41 Å². The van der Waals surface area contributed by atoms with Crippen LogP contribution in [0.15, 0.2) is 229 Å². The van der Waals surface area contributed by atoms with E-state index in [1.807, 2.05) is 60.8 Å². The molecule has 3 heterocycles. The number of aliphatic imine (C=N–C) groups is 1. The van der Waals surface area contributed by atoms with Crippen LogP contribution >= 0.6 is 0 Å². The Morgan fingerprint density at radius 1 is 0.500 bits per heavy atom. The molecule has 11 rings (SSSR count). The van der Waals surface area contributed by atoms with Crippen LogP contribution in [0.3, 0.4) is 0 Å². The van der Waals surface area contributed by atoms with Crippen LogP contribution < -0.4 is 0 Å². The van der Waals surface area contributed by atoms with Crippen LogP contribution in [0.4, 0.5) is 0 Å². The van der Waals surface area contributed by atoms with E-state index in [1.54, 1.807) is 0 Å². The second-order valence-corrected chi connectivity index (χ2v) is 15.4. The summed E-state index contributed by atoms with van der Waals surface area (Å²) in [6.45, 7) is 0. The van der Waals surface area contributed by atoms with Gasteiger partial charge in [-0.3, -0.25) is 4.99 Å². The minimum Gasteiger partial charge on any atom is -0.309 e. The Hall–Kier alpha value is -8.41. The SMILES string of the molecule is N=C(/C=C(\N=Cc1ccc(-c2c(-c3ccccc3)nn3c(-c4ccccc4)cc4ccccc4c23)cc1)c1ccc2c(c1)c1ccccc1n2-c1ccccc1)c1ccccc1. The van der Waals surface area contributed by atoms with Crippen LogP contribution in [0.1, 0.15) is 16.7 Å². The zero-order valence-corrected chi connectivity index (χ0v) is 33.7. The van der Waals surface area contributed by atoms with Crippen molar-refractivity contribution in [1.82, 2.24) is 14.2 Å². The minimum atomic E-state index is 0.392. The maximum Gasteiger partial charge on any atom is 0.101 e. The third-order valence-corrected chi connectivity index (χ3v) is 11.6. The highest BCUT2D eigenvalue weighted by atomic mass is 15.2. The van der Waals surface area contributed by atoms with Gasteiger partial charge >= 0.3 is 0 Å². The van der Waals surface area contributed by atoms with E-state index in [4.69, 9.17) is 15.5 Å². The number of nitrogens with zero attached hydrogens (tertiary/aromatic N) is 4. The highest BCUT2D eigenvalue weighted by Crippen LogP contribution is 2.41. The van der Waals surface area contributed by atoms with Gasteiger partial charge in [0.05, 0.1) is 33.7 Å². The normalized spacial score (nSPS) is 12.0. The molecule has 0 bridgehead atoms. The lowest BCUT2D eigenvalue weighted by molar-refractivity contribution is 0.979. The predicted octanol–water partition coefficient (Wildman–Crippen LogP) is 14.1. The smallest absolute Gasteiger partial charge is 0.101 e. The summed E-state index contributed by atoms with van der Waals surface area (Å²) in [6.07, 6.45) is 3.78. The zero-order chi connectivity index (χ0) is 41.4. The number of fused-ring (bicyclic) bond motifs is 6. The molecule has 0 amide bonds. The number of benzene rings is 8. The zero-order valence-electron chi connectivity index (χ0n) is 33.7. The van der Waals surface area contributed by atoms with Crippen molar-refractivity contribution in [3.8, 4) is 39.3 Å². The number of pyridine rings is 1. The summed E-state index contributed by atoms with van der Waals surface area (Å²) in [6, 6.07) is 75.7. The molecule has 0 aliphatic heterocycles. The Balaban J connectivity index is 1.03. The Morgan fingerprint density at radius 3 is 1.85 bits per heavy atom. The Morgan fingerprint density at radius 2 is 1.11 bits per heavy atom. The molecule has 3 aromatic heterocycles. The molecule has 292 valence electrons. The molecule has 62 heavy (non-hydrogen) atoms. The van der Waals surface area contributed by atoms with Gasteiger partial charge in [0.15, 0.2) is 0 Å². The maximum atomic E-state index is 9.13. The molecule has 0 atom stereocenters. The molecule has 8 aromatic carbocycles. The molecule has 0 radical (unpaired) electrons. The van der Waals surface area contributed by atoms with Gasteiger partial charge in [0, 0.05) is 50.3 Å². The second-order valence-electron chi connectivity index (χ2n) is 15.4. The Labute approximate surface area is 359 Å². The van der Waals surface area contributed by atoms with Crippen molar-refractivity contribution in [3.63, 3.8) is 0 Å². The molecule has 5 nitrogen and oxygen atoms in total. The van der Waals surface area contributed by atoms with E-state index in [9.17, 15) is 0 Å². The summed E-state index contributed by atoms with van der Waals surface area (Å²) < 4.78 is 4.44. The van der Waals surface area contributed by atoms with Gasteiger partial charge in [-0.1, -0.05) is 182 Å². The molecule has 11 aromatic rings. The van der Waals surface area contributed by atoms with Crippen LogP contribution in [-0.2, 0) is 0 Å². The molecule has 0 saturated heterocycles. The van der Waals surface area contributed by atoms with Crippen molar-refractivity contribution in [2.24, 2.45) is 4.99 Å². The highest BCUT2D eigenvalue weighted by molar-refractivity contribution is 6.13. The maximum absolute atomic E-state index is 9.13. The number of para-hydroxylation sites is 2. The van der Waals surface area contributed by atoms with Gasteiger partial charge in [0.25, 0.3) is 0 Å². The summed E-state index contributed by atoms with van der Waals surface area (Å²) in [7, 11) is 0. The quantitative estimate of drug-likeness (QED) is 0.145. The molecule has 0 unspecified atom stereocenters. The molecule has 0 fully saturated rings. The van der Waals surface area contributed by atoms with Crippen molar-refractivity contribution >= 4 is 55.7 Å². The van der Waals surface area contributed by atoms with E-state index >= 15 is 0 Å². The van der Waals surface area contributed by atoms with Gasteiger partial charge in [-0.05, 0) is 64.6 Å². The van der Waals surface area contributed by atoms with Gasteiger partial charge in [-0.15, -0.1) is 0 Å². The number of hydrogen-bond acceptors (Lipinski definition) is 3. The first-order chi connectivity index (χ1) is 30.7. The van der Waals surface area contributed by atoms with E-state index in [1.165, 1.54) is 0 Å². The number of allylic oxidation sites excluding steroid dienone is 1. The van der Waals surface area contributed by atoms with E-state index in [-0.39, 0.29) is 0 Å². The third kappa shape index (κ3) is 6.59. The fourth-order valence-corrected chi connectivity index (χ4v) is 8.67. The van der Waals surface area contributed by atoms with E-state index < -0.39 is 0 Å². The average Bonchev–Trinajstić information content (AvgIpc) is 3.91. The molecular formula is C57H39N5. The predicted molar refractivity (Wildman–Crippen MR) is 259 cm³/mol. The number of nitrogens with one attached hydrogen (secondary N) is 1. The van der Waals surface area contributed by atoms with E-state index in [0.717, 1.165) is 94.1 Å². The highest BCUT2D eigenvalue weighted by Gasteiger charge is 2.21. The van der Waals surface area contributed by atoms with E-state index in [2.05, 4.69) is 179 Å². The monoisotopic (exact) mass is 793 g/mol. The van der Waals surface area contributed by atoms with Gasteiger partial charge in [-0.2, -0.15) is 5.10 Å². The topological polar surface area (TPSA) is 58.4 Å². The number of aromatic nitrogens is 3. The van der Waals surface area contributed by atoms with Crippen LogP contribution in [0.5, 0.6) is 0 Å². The van der Waals surface area contributed by atoms with Crippen molar-refractivity contribution < 1.29 is 0 Å². The van der Waals surface area contributed by atoms with Crippen molar-refractivity contribution in [2.75, 3.05) is 0 Å². The summed E-state index contributed by atoms with van der Waals surface area (Å²) >= 11 is 0. The largest absolute Gasteiger partial charge is 0.309 e. The molecule has 0 saturated carbocycles. The number of rotatable bonds is 9. The van der Waals surface area contributed by atoms with Crippen molar-refractivity contribution in [2.45, 2.75) is 0 Å². The Kier molecular flexibility index (Phi) is 9.25. The van der Waals surface area contributed by atoms with Crippen LogP contribution in [0.2, 0.25) is 0 Å². The minimum absolute atomic E-state index is 0.392. The lowest BCUT2D eigenvalue weighted by atomic mass is 9.96. The average molecular weight is 794 g/mol. The lowest BCUT2D eigenvalue weighted by Gasteiger charge is -2.11. The standard InChI is InChI=1S/C57H39N5/c58-50(40-17-5-1-6-18-40)37-51(45-33-34-53-49(35-45)48-27-15-16-28-52(48)61(53)46-24-11-4-12-25-46)59-38-39-29-31-42(32-30-39)55-56(43-21-9-3-10-22-43)60-62-54(41-19-7-2-8-20-41)36-44-23-13-14-26-47(44)57(55)62/h1-38,58H/b51-37-,58-50?,59-38?. The molecule has 0 aliphatic carbocycles.